The van der Waals surface area contributed by atoms with Crippen LogP contribution >= 0.6 is 23.4 Å². The minimum Gasteiger partial charge on any atom is -0.457 e. The molecule has 0 aromatic heterocycles. The Bertz CT molecular complexity index is 1800. The molecule has 0 atom stereocenters. The van der Waals surface area contributed by atoms with Crippen molar-refractivity contribution in [1.82, 2.24) is 5.32 Å². The molecule has 0 heterocycles. The number of halogens is 1. The zero-order chi connectivity index (χ0) is 31.4. The van der Waals surface area contributed by atoms with Crippen molar-refractivity contribution in [3.05, 3.63) is 155 Å². The first-order valence-corrected chi connectivity index (χ1v) is 15.3. The van der Waals surface area contributed by atoms with Gasteiger partial charge in [-0.15, -0.1) is 11.8 Å². The number of anilines is 2. The van der Waals surface area contributed by atoms with Crippen LogP contribution in [0.2, 0.25) is 5.02 Å². The van der Waals surface area contributed by atoms with Crippen molar-refractivity contribution in [2.75, 3.05) is 16.4 Å². The van der Waals surface area contributed by atoms with Crippen LogP contribution in [-0.2, 0) is 9.59 Å². The van der Waals surface area contributed by atoms with Crippen LogP contribution in [0.5, 0.6) is 11.5 Å². The molecular weight excluding hydrogens is 606 g/mol. The van der Waals surface area contributed by atoms with Crippen LogP contribution in [0.4, 0.5) is 11.4 Å². The SMILES string of the molecule is O=C(CSc1ccc(NC(=O)/C(=C/c2cccc(Cl)c2)NC(=O)c2ccccc2)cc1)Nc1ccc(Oc2ccccc2)cc1. The maximum atomic E-state index is 13.3. The lowest BCUT2D eigenvalue weighted by atomic mass is 10.1. The predicted molar refractivity (Wildman–Crippen MR) is 181 cm³/mol. The van der Waals surface area contributed by atoms with Crippen molar-refractivity contribution in [1.29, 1.82) is 0 Å². The molecule has 5 rings (SSSR count). The number of benzene rings is 5. The van der Waals surface area contributed by atoms with E-state index in [4.69, 9.17) is 16.3 Å². The van der Waals surface area contributed by atoms with Crippen LogP contribution in [0.3, 0.4) is 0 Å². The Morgan fingerprint density at radius 3 is 2.00 bits per heavy atom. The molecule has 0 unspecified atom stereocenters. The van der Waals surface area contributed by atoms with Crippen molar-refractivity contribution in [2.24, 2.45) is 0 Å². The third-order valence-electron chi connectivity index (χ3n) is 6.29. The first kappa shape index (κ1) is 31.1. The van der Waals surface area contributed by atoms with E-state index in [2.05, 4.69) is 16.0 Å². The normalized spacial score (nSPS) is 10.9. The zero-order valence-electron chi connectivity index (χ0n) is 23.9. The molecule has 0 aliphatic carbocycles. The third kappa shape index (κ3) is 9.59. The van der Waals surface area contributed by atoms with Gasteiger partial charge in [-0.3, -0.25) is 14.4 Å². The number of nitrogens with one attached hydrogen (secondary N) is 3. The number of rotatable bonds is 11. The number of carbonyl (C=O) groups excluding carboxylic acids is 3. The van der Waals surface area contributed by atoms with Crippen LogP contribution in [0.1, 0.15) is 15.9 Å². The van der Waals surface area contributed by atoms with E-state index in [0.29, 0.717) is 33.3 Å². The highest BCUT2D eigenvalue weighted by molar-refractivity contribution is 8.00. The summed E-state index contributed by atoms with van der Waals surface area (Å²) in [7, 11) is 0. The highest BCUT2D eigenvalue weighted by Crippen LogP contribution is 2.24. The minimum absolute atomic E-state index is 0.0564. The Hall–Kier alpha value is -5.31. The van der Waals surface area contributed by atoms with Gasteiger partial charge in [0.25, 0.3) is 11.8 Å². The summed E-state index contributed by atoms with van der Waals surface area (Å²) in [5, 5.41) is 8.92. The molecule has 0 radical (unpaired) electrons. The molecule has 7 nitrogen and oxygen atoms in total. The second-order valence-electron chi connectivity index (χ2n) is 9.69. The smallest absolute Gasteiger partial charge is 0.272 e. The third-order valence-corrected chi connectivity index (χ3v) is 7.53. The summed E-state index contributed by atoms with van der Waals surface area (Å²) in [4.78, 5) is 39.5. The molecule has 45 heavy (non-hydrogen) atoms. The van der Waals surface area contributed by atoms with Crippen LogP contribution in [0, 0.1) is 0 Å². The Balaban J connectivity index is 1.16. The van der Waals surface area contributed by atoms with Crippen molar-refractivity contribution in [3.63, 3.8) is 0 Å². The summed E-state index contributed by atoms with van der Waals surface area (Å²) < 4.78 is 5.79. The molecule has 5 aromatic rings. The van der Waals surface area contributed by atoms with Crippen molar-refractivity contribution < 1.29 is 19.1 Å². The van der Waals surface area contributed by atoms with Gasteiger partial charge in [0.1, 0.15) is 17.2 Å². The molecular formula is C36H28ClN3O4S. The van der Waals surface area contributed by atoms with E-state index >= 15 is 0 Å². The molecule has 5 aromatic carbocycles. The summed E-state index contributed by atoms with van der Waals surface area (Å²) in [6, 6.07) is 39.3. The Kier molecular flexibility index (Phi) is 10.7. The van der Waals surface area contributed by atoms with Gasteiger partial charge >= 0.3 is 0 Å². The molecule has 0 aliphatic heterocycles. The van der Waals surface area contributed by atoms with Gasteiger partial charge in [0.15, 0.2) is 0 Å². The first-order chi connectivity index (χ1) is 21.9. The maximum Gasteiger partial charge on any atom is 0.272 e. The Labute approximate surface area is 270 Å². The molecule has 0 spiro atoms. The van der Waals surface area contributed by atoms with Gasteiger partial charge in [0.2, 0.25) is 5.91 Å². The van der Waals surface area contributed by atoms with E-state index in [1.807, 2.05) is 48.5 Å². The number of thioether (sulfide) groups is 1. The van der Waals surface area contributed by atoms with E-state index in [-0.39, 0.29) is 17.4 Å². The van der Waals surface area contributed by atoms with E-state index in [1.165, 1.54) is 11.8 Å². The molecule has 0 aliphatic rings. The zero-order valence-corrected chi connectivity index (χ0v) is 25.5. The fraction of sp³-hybridized carbons (Fsp3) is 0.0278. The Morgan fingerprint density at radius 2 is 1.31 bits per heavy atom. The number of amides is 3. The highest BCUT2D eigenvalue weighted by Gasteiger charge is 2.15. The highest BCUT2D eigenvalue weighted by atomic mass is 35.5. The molecule has 224 valence electrons. The number of para-hydroxylation sites is 1. The first-order valence-electron chi connectivity index (χ1n) is 13.9. The molecule has 9 heteroatoms. The fourth-order valence-electron chi connectivity index (χ4n) is 4.12. The van der Waals surface area contributed by atoms with Crippen LogP contribution in [0.15, 0.2) is 144 Å². The monoisotopic (exact) mass is 633 g/mol. The summed E-state index contributed by atoms with van der Waals surface area (Å²) >= 11 is 7.49. The van der Waals surface area contributed by atoms with Crippen molar-refractivity contribution in [2.45, 2.75) is 4.90 Å². The fourth-order valence-corrected chi connectivity index (χ4v) is 5.01. The number of hydrogen-bond donors (Lipinski definition) is 3. The number of hydrogen-bond acceptors (Lipinski definition) is 5. The standard InChI is InChI=1S/C36H28ClN3O4S/c37-27-11-7-8-25(22-27)23-33(40-35(42)26-9-3-1-4-10-26)36(43)39-29-16-20-32(21-17-29)45-24-34(41)38-28-14-18-31(19-15-28)44-30-12-5-2-6-13-30/h1-23H,24H2,(H,38,41)(H,39,43)(H,40,42)/b33-23-. The van der Waals surface area contributed by atoms with Crippen LogP contribution < -0.4 is 20.7 Å². The van der Waals surface area contributed by atoms with E-state index in [0.717, 1.165) is 10.6 Å². The second kappa shape index (κ2) is 15.4. The van der Waals surface area contributed by atoms with Gasteiger partial charge in [0.05, 0.1) is 5.75 Å². The number of carbonyl (C=O) groups is 3. The van der Waals surface area contributed by atoms with Gasteiger partial charge in [-0.25, -0.2) is 0 Å². The molecule has 0 saturated carbocycles. The maximum absolute atomic E-state index is 13.3. The molecule has 0 saturated heterocycles. The van der Waals surface area contributed by atoms with E-state index < -0.39 is 11.8 Å². The lowest BCUT2D eigenvalue weighted by Gasteiger charge is -2.12. The molecule has 0 bridgehead atoms. The predicted octanol–water partition coefficient (Wildman–Crippen LogP) is 8.27. The summed E-state index contributed by atoms with van der Waals surface area (Å²) in [6.45, 7) is 0. The van der Waals surface area contributed by atoms with Gasteiger partial charge in [-0.1, -0.05) is 60.1 Å². The summed E-state index contributed by atoms with van der Waals surface area (Å²) in [5.41, 5.74) is 2.32. The summed E-state index contributed by atoms with van der Waals surface area (Å²) in [6.07, 6.45) is 1.56. The van der Waals surface area contributed by atoms with Gasteiger partial charge in [0, 0.05) is 26.9 Å². The summed E-state index contributed by atoms with van der Waals surface area (Å²) in [5.74, 6) is 0.539. The lowest BCUT2D eigenvalue weighted by Crippen LogP contribution is -2.30. The number of ether oxygens (including phenoxy) is 1. The second-order valence-corrected chi connectivity index (χ2v) is 11.2. The van der Waals surface area contributed by atoms with Crippen LogP contribution in [0.25, 0.3) is 6.08 Å². The molecule has 0 fully saturated rings. The van der Waals surface area contributed by atoms with Gasteiger partial charge in [-0.05, 0) is 96.6 Å². The van der Waals surface area contributed by atoms with Gasteiger partial charge in [-0.2, -0.15) is 0 Å². The quantitative estimate of drug-likeness (QED) is 0.100. The van der Waals surface area contributed by atoms with Crippen molar-refractivity contribution in [3.8, 4) is 11.5 Å². The van der Waals surface area contributed by atoms with Gasteiger partial charge < -0.3 is 20.7 Å². The van der Waals surface area contributed by atoms with E-state index in [9.17, 15) is 14.4 Å². The average molecular weight is 634 g/mol. The average Bonchev–Trinajstić information content (AvgIpc) is 3.06. The van der Waals surface area contributed by atoms with Crippen molar-refractivity contribution >= 4 is 58.5 Å². The topological polar surface area (TPSA) is 96.5 Å². The molecule has 3 amide bonds. The lowest BCUT2D eigenvalue weighted by molar-refractivity contribution is -0.114. The Morgan fingerprint density at radius 1 is 0.689 bits per heavy atom. The minimum atomic E-state index is -0.501. The largest absolute Gasteiger partial charge is 0.457 e. The van der Waals surface area contributed by atoms with E-state index in [1.54, 1.807) is 91.0 Å². The molecule has 3 N–H and O–H groups in total. The van der Waals surface area contributed by atoms with Crippen LogP contribution in [-0.4, -0.2) is 23.5 Å².